The number of halogens is 5. The molecule has 0 aliphatic heterocycles. The van der Waals surface area contributed by atoms with Crippen LogP contribution in [0.3, 0.4) is 0 Å². The van der Waals surface area contributed by atoms with Gasteiger partial charge in [-0.1, -0.05) is 24.3 Å². The number of benzene rings is 2. The summed E-state index contributed by atoms with van der Waals surface area (Å²) in [6.07, 6.45) is -3.52. The van der Waals surface area contributed by atoms with Crippen LogP contribution in [-0.4, -0.2) is 23.3 Å². The fourth-order valence-corrected chi connectivity index (χ4v) is 2.28. The lowest BCUT2D eigenvalue weighted by Crippen LogP contribution is -2.24. The van der Waals surface area contributed by atoms with Crippen LogP contribution < -0.4 is 0 Å². The fourth-order valence-electron chi connectivity index (χ4n) is 2.28. The summed E-state index contributed by atoms with van der Waals surface area (Å²) in [5.41, 5.74) is -2.97. The van der Waals surface area contributed by atoms with Crippen LogP contribution in [-0.2, 0) is 21.6 Å². The van der Waals surface area contributed by atoms with Crippen LogP contribution in [0.15, 0.2) is 60.7 Å². The second-order valence-corrected chi connectivity index (χ2v) is 5.79. The zero-order valence-corrected chi connectivity index (χ0v) is 14.9. The first-order chi connectivity index (χ1) is 13.9. The van der Waals surface area contributed by atoms with Gasteiger partial charge in [-0.2, -0.15) is 22.0 Å². The Morgan fingerprint density at radius 3 is 2.10 bits per heavy atom. The molecule has 0 fully saturated rings. The van der Waals surface area contributed by atoms with Crippen molar-refractivity contribution in [1.82, 2.24) is 0 Å². The number of esters is 1. The van der Waals surface area contributed by atoms with Crippen LogP contribution in [0.5, 0.6) is 0 Å². The Balaban J connectivity index is 2.02. The van der Waals surface area contributed by atoms with Gasteiger partial charge in [0.15, 0.2) is 0 Å². The number of alkyl halides is 5. The predicted molar refractivity (Wildman–Crippen MR) is 92.9 cm³/mol. The van der Waals surface area contributed by atoms with Crippen LogP contribution in [0, 0.1) is 10.1 Å². The number of carbonyl (C=O) groups is 2. The lowest BCUT2D eigenvalue weighted by molar-refractivity contribution is -0.385. The molecule has 0 aromatic heterocycles. The molecule has 2 aromatic carbocycles. The Hall–Kier alpha value is -3.63. The summed E-state index contributed by atoms with van der Waals surface area (Å²) in [5, 5.41) is 10.9. The van der Waals surface area contributed by atoms with Gasteiger partial charge in [0, 0.05) is 11.6 Å². The van der Waals surface area contributed by atoms with Gasteiger partial charge in [-0.15, -0.1) is 0 Å². The molecule has 0 unspecified atom stereocenters. The van der Waals surface area contributed by atoms with E-state index in [1.165, 1.54) is 12.1 Å². The van der Waals surface area contributed by atoms with Crippen molar-refractivity contribution >= 4 is 17.4 Å². The van der Waals surface area contributed by atoms with Gasteiger partial charge in [0.25, 0.3) is 5.69 Å². The minimum atomic E-state index is -4.71. The molecule has 0 atom stereocenters. The average Bonchev–Trinajstić information content (AvgIpc) is 2.70. The molecule has 6 nitrogen and oxygen atoms in total. The van der Waals surface area contributed by atoms with Gasteiger partial charge in [0.05, 0.1) is 10.5 Å². The van der Waals surface area contributed by atoms with Gasteiger partial charge in [-0.3, -0.25) is 14.9 Å². The van der Waals surface area contributed by atoms with Gasteiger partial charge in [0.2, 0.25) is 5.78 Å². The Morgan fingerprint density at radius 1 is 0.967 bits per heavy atom. The third-order valence-corrected chi connectivity index (χ3v) is 3.78. The van der Waals surface area contributed by atoms with E-state index in [0.717, 1.165) is 18.2 Å². The zero-order chi connectivity index (χ0) is 22.5. The second-order valence-electron chi connectivity index (χ2n) is 5.79. The monoisotopic (exact) mass is 429 g/mol. The molecular weight excluding hydrogens is 417 g/mol. The van der Waals surface area contributed by atoms with E-state index < -0.39 is 52.2 Å². The molecule has 0 amide bonds. The third-order valence-electron chi connectivity index (χ3n) is 3.78. The van der Waals surface area contributed by atoms with Crippen LogP contribution in [0.25, 0.3) is 0 Å². The smallest absolute Gasteiger partial charge is 0.416 e. The van der Waals surface area contributed by atoms with Crippen molar-refractivity contribution in [3.63, 3.8) is 0 Å². The number of nitro benzene ring substituents is 1. The largest absolute Gasteiger partial charge is 0.458 e. The first-order valence-corrected chi connectivity index (χ1v) is 8.11. The SMILES string of the molecule is O=C(OC/C=C/C(=O)C(F)(F)c1ccc(C(F)(F)F)cc1)c1ccccc1[N+](=O)[O-]. The standard InChI is InChI=1S/C19H12F5NO5/c20-18(21,12-7-9-13(10-8-12)19(22,23)24)16(26)6-3-11-30-17(27)14-4-1-2-5-15(14)25(28)29/h1-10H,11H2/b6-3+. The number of para-hydroxylation sites is 1. The minimum Gasteiger partial charge on any atom is -0.458 e. The summed E-state index contributed by atoms with van der Waals surface area (Å²) in [5.74, 6) is -6.96. The van der Waals surface area contributed by atoms with Crippen molar-refractivity contribution < 1.29 is 41.2 Å². The number of rotatable bonds is 7. The number of allylic oxidation sites excluding steroid dienone is 1. The van der Waals surface area contributed by atoms with E-state index in [0.29, 0.717) is 30.3 Å². The molecule has 0 saturated carbocycles. The molecule has 0 saturated heterocycles. The molecule has 2 rings (SSSR count). The molecule has 0 aliphatic carbocycles. The normalized spacial score (nSPS) is 12.0. The molecule has 158 valence electrons. The van der Waals surface area contributed by atoms with E-state index in [1.54, 1.807) is 0 Å². The molecule has 2 aromatic rings. The fraction of sp³-hybridized carbons (Fsp3) is 0.158. The Labute approximate surface area is 165 Å². The molecule has 0 bridgehead atoms. The highest BCUT2D eigenvalue weighted by atomic mass is 19.4. The highest BCUT2D eigenvalue weighted by Crippen LogP contribution is 2.33. The number of ketones is 1. The first-order valence-electron chi connectivity index (χ1n) is 8.11. The van der Waals surface area contributed by atoms with E-state index in [1.807, 2.05) is 0 Å². The van der Waals surface area contributed by atoms with Crippen molar-refractivity contribution in [3.05, 3.63) is 87.5 Å². The van der Waals surface area contributed by atoms with Crippen molar-refractivity contribution in [2.45, 2.75) is 12.1 Å². The summed E-state index contributed by atoms with van der Waals surface area (Å²) in [7, 11) is 0. The topological polar surface area (TPSA) is 86.5 Å². The van der Waals surface area contributed by atoms with Crippen LogP contribution in [0.1, 0.15) is 21.5 Å². The quantitative estimate of drug-likeness (QED) is 0.210. The predicted octanol–water partition coefficient (Wildman–Crippen LogP) is 4.69. The Bertz CT molecular complexity index is 984. The van der Waals surface area contributed by atoms with E-state index in [9.17, 15) is 41.7 Å². The number of hydrogen-bond donors (Lipinski definition) is 0. The summed E-state index contributed by atoms with van der Waals surface area (Å²) in [6.45, 7) is -0.639. The van der Waals surface area contributed by atoms with Crippen molar-refractivity contribution in [2.75, 3.05) is 6.61 Å². The van der Waals surface area contributed by atoms with Gasteiger partial charge >= 0.3 is 18.1 Å². The van der Waals surface area contributed by atoms with E-state index >= 15 is 0 Å². The summed E-state index contributed by atoms with van der Waals surface area (Å²) in [6, 6.07) is 6.72. The number of nitro groups is 1. The zero-order valence-electron chi connectivity index (χ0n) is 14.9. The lowest BCUT2D eigenvalue weighted by atomic mass is 10.0. The molecule has 0 aliphatic rings. The highest BCUT2D eigenvalue weighted by molar-refractivity contribution is 5.96. The van der Waals surface area contributed by atoms with Crippen LogP contribution in [0.4, 0.5) is 27.6 Å². The summed E-state index contributed by atoms with van der Waals surface area (Å²) in [4.78, 5) is 33.6. The van der Waals surface area contributed by atoms with Gasteiger partial charge in [-0.25, -0.2) is 4.79 Å². The van der Waals surface area contributed by atoms with E-state index in [2.05, 4.69) is 4.74 Å². The summed E-state index contributed by atoms with van der Waals surface area (Å²) >= 11 is 0. The summed E-state index contributed by atoms with van der Waals surface area (Å²) < 4.78 is 70.4. The number of ether oxygens (including phenoxy) is 1. The minimum absolute atomic E-state index is 0.364. The van der Waals surface area contributed by atoms with Crippen molar-refractivity contribution in [3.8, 4) is 0 Å². The highest BCUT2D eigenvalue weighted by Gasteiger charge is 2.39. The Morgan fingerprint density at radius 2 is 1.53 bits per heavy atom. The van der Waals surface area contributed by atoms with Crippen LogP contribution >= 0.6 is 0 Å². The van der Waals surface area contributed by atoms with Gasteiger partial charge in [-0.05, 0) is 30.4 Å². The number of carbonyl (C=O) groups excluding carboxylic acids is 2. The molecule has 0 spiro atoms. The van der Waals surface area contributed by atoms with Gasteiger partial charge in [0.1, 0.15) is 12.2 Å². The maximum absolute atomic E-state index is 14.1. The molecular formula is C19H12F5NO5. The molecule has 11 heteroatoms. The maximum atomic E-state index is 14.1. The molecule has 0 heterocycles. The maximum Gasteiger partial charge on any atom is 0.416 e. The lowest BCUT2D eigenvalue weighted by Gasteiger charge is -2.14. The third kappa shape index (κ3) is 5.25. The first kappa shape index (κ1) is 22.7. The van der Waals surface area contributed by atoms with E-state index in [-0.39, 0.29) is 5.56 Å². The van der Waals surface area contributed by atoms with Gasteiger partial charge < -0.3 is 4.74 Å². The Kier molecular flexibility index (Phi) is 6.65. The van der Waals surface area contributed by atoms with E-state index in [4.69, 9.17) is 0 Å². The molecule has 0 N–H and O–H groups in total. The van der Waals surface area contributed by atoms with Crippen molar-refractivity contribution in [2.24, 2.45) is 0 Å². The average molecular weight is 429 g/mol. The number of nitrogens with zero attached hydrogens (tertiary/aromatic N) is 1. The van der Waals surface area contributed by atoms with Crippen LogP contribution in [0.2, 0.25) is 0 Å². The second kappa shape index (κ2) is 8.80. The molecule has 30 heavy (non-hydrogen) atoms. The van der Waals surface area contributed by atoms with Crippen molar-refractivity contribution in [1.29, 1.82) is 0 Å². The number of hydrogen-bond acceptors (Lipinski definition) is 5. The molecule has 0 radical (unpaired) electrons.